The highest BCUT2D eigenvalue weighted by Gasteiger charge is 2.33. The second-order valence-electron chi connectivity index (χ2n) is 5.31. The summed E-state index contributed by atoms with van der Waals surface area (Å²) in [7, 11) is 0. The zero-order valence-corrected chi connectivity index (χ0v) is 14.6. The lowest BCUT2D eigenvalue weighted by Crippen LogP contribution is -2.41. The van der Waals surface area contributed by atoms with Gasteiger partial charge in [0.2, 0.25) is 5.91 Å². The minimum Gasteiger partial charge on any atom is -0.339 e. The maximum absolute atomic E-state index is 12.5. The molecule has 1 saturated heterocycles. The number of anilines is 1. The number of amides is 2. The first-order chi connectivity index (χ1) is 11.2. The van der Waals surface area contributed by atoms with Crippen LogP contribution >= 0.6 is 23.7 Å². The highest BCUT2D eigenvalue weighted by atomic mass is 35.5. The Morgan fingerprint density at radius 2 is 2.12 bits per heavy atom. The van der Waals surface area contributed by atoms with Crippen LogP contribution in [-0.2, 0) is 11.2 Å². The van der Waals surface area contributed by atoms with E-state index in [2.05, 4.69) is 10.3 Å². The first-order valence-electron chi connectivity index (χ1n) is 7.51. The SMILES string of the molecule is Cl.NCCc1nc(C(=O)NC2CCN(c3ccccc3)C2=O)cs1. The van der Waals surface area contributed by atoms with E-state index in [1.807, 2.05) is 30.3 Å². The van der Waals surface area contributed by atoms with Crippen LogP contribution in [0.15, 0.2) is 35.7 Å². The second kappa shape index (κ2) is 8.23. The van der Waals surface area contributed by atoms with E-state index in [0.717, 1.165) is 10.7 Å². The van der Waals surface area contributed by atoms with Crippen LogP contribution in [0.4, 0.5) is 5.69 Å². The number of hydrogen-bond acceptors (Lipinski definition) is 5. The Morgan fingerprint density at radius 1 is 1.38 bits per heavy atom. The summed E-state index contributed by atoms with van der Waals surface area (Å²) in [6, 6.07) is 8.97. The van der Waals surface area contributed by atoms with Gasteiger partial charge < -0.3 is 16.0 Å². The second-order valence-corrected chi connectivity index (χ2v) is 6.25. The molecule has 2 heterocycles. The third-order valence-electron chi connectivity index (χ3n) is 3.72. The molecule has 2 aromatic rings. The number of carbonyl (C=O) groups excluding carboxylic acids is 2. The van der Waals surface area contributed by atoms with Crippen molar-refractivity contribution in [3.63, 3.8) is 0 Å². The maximum Gasteiger partial charge on any atom is 0.271 e. The average Bonchev–Trinajstić information content (AvgIpc) is 3.17. The van der Waals surface area contributed by atoms with Gasteiger partial charge in [-0.25, -0.2) is 4.98 Å². The summed E-state index contributed by atoms with van der Waals surface area (Å²) in [6.45, 7) is 1.10. The van der Waals surface area contributed by atoms with Gasteiger partial charge in [-0.1, -0.05) is 18.2 Å². The molecule has 3 N–H and O–H groups in total. The van der Waals surface area contributed by atoms with Gasteiger partial charge in [0.15, 0.2) is 0 Å². The number of para-hydroxylation sites is 1. The quantitative estimate of drug-likeness (QED) is 0.841. The van der Waals surface area contributed by atoms with Crippen LogP contribution in [-0.4, -0.2) is 35.9 Å². The Kier molecular flexibility index (Phi) is 6.30. The van der Waals surface area contributed by atoms with E-state index in [4.69, 9.17) is 5.73 Å². The predicted octanol–water partition coefficient (Wildman–Crippen LogP) is 1.60. The van der Waals surface area contributed by atoms with E-state index < -0.39 is 6.04 Å². The molecule has 6 nitrogen and oxygen atoms in total. The fraction of sp³-hybridized carbons (Fsp3) is 0.312. The van der Waals surface area contributed by atoms with Crippen molar-refractivity contribution in [1.29, 1.82) is 0 Å². The lowest BCUT2D eigenvalue weighted by atomic mass is 10.2. The molecule has 128 valence electrons. The third kappa shape index (κ3) is 3.92. The molecule has 0 bridgehead atoms. The Balaban J connectivity index is 0.00000208. The smallest absolute Gasteiger partial charge is 0.271 e. The van der Waals surface area contributed by atoms with Gasteiger partial charge >= 0.3 is 0 Å². The molecule has 1 aromatic heterocycles. The van der Waals surface area contributed by atoms with Crippen LogP contribution in [0, 0.1) is 0 Å². The van der Waals surface area contributed by atoms with E-state index in [-0.39, 0.29) is 24.2 Å². The number of hydrogen-bond donors (Lipinski definition) is 2. The molecule has 0 radical (unpaired) electrons. The van der Waals surface area contributed by atoms with E-state index in [1.165, 1.54) is 11.3 Å². The molecule has 1 aromatic carbocycles. The fourth-order valence-corrected chi connectivity index (χ4v) is 3.36. The number of nitrogens with one attached hydrogen (secondary N) is 1. The number of thiazole rings is 1. The fourth-order valence-electron chi connectivity index (χ4n) is 2.56. The summed E-state index contributed by atoms with van der Waals surface area (Å²) in [4.78, 5) is 30.6. The predicted molar refractivity (Wildman–Crippen MR) is 96.8 cm³/mol. The van der Waals surface area contributed by atoms with Crippen molar-refractivity contribution < 1.29 is 9.59 Å². The lowest BCUT2D eigenvalue weighted by Gasteiger charge is -2.16. The monoisotopic (exact) mass is 366 g/mol. The van der Waals surface area contributed by atoms with Crippen molar-refractivity contribution in [3.05, 3.63) is 46.4 Å². The van der Waals surface area contributed by atoms with Crippen molar-refractivity contribution >= 4 is 41.2 Å². The van der Waals surface area contributed by atoms with Gasteiger partial charge in [-0.15, -0.1) is 23.7 Å². The van der Waals surface area contributed by atoms with Gasteiger partial charge in [-0.2, -0.15) is 0 Å². The molecular formula is C16H19ClN4O2S. The molecule has 1 atom stereocenters. The summed E-state index contributed by atoms with van der Waals surface area (Å²) >= 11 is 1.41. The van der Waals surface area contributed by atoms with Crippen molar-refractivity contribution in [1.82, 2.24) is 10.3 Å². The van der Waals surface area contributed by atoms with Gasteiger partial charge in [-0.3, -0.25) is 9.59 Å². The van der Waals surface area contributed by atoms with Gasteiger partial charge in [0.1, 0.15) is 11.7 Å². The van der Waals surface area contributed by atoms with Crippen LogP contribution in [0.1, 0.15) is 21.9 Å². The number of carbonyl (C=O) groups is 2. The summed E-state index contributed by atoms with van der Waals surface area (Å²) in [6.07, 6.45) is 1.25. The molecule has 1 aliphatic heterocycles. The normalized spacial score (nSPS) is 16.8. The highest BCUT2D eigenvalue weighted by molar-refractivity contribution is 7.09. The van der Waals surface area contributed by atoms with Crippen molar-refractivity contribution in [2.45, 2.75) is 18.9 Å². The Hall–Kier alpha value is -1.96. The van der Waals surface area contributed by atoms with Crippen LogP contribution in [0.3, 0.4) is 0 Å². The van der Waals surface area contributed by atoms with Gasteiger partial charge in [0.25, 0.3) is 5.91 Å². The molecule has 2 amide bonds. The maximum atomic E-state index is 12.5. The van der Waals surface area contributed by atoms with E-state index in [0.29, 0.717) is 31.6 Å². The number of rotatable bonds is 5. The van der Waals surface area contributed by atoms with Crippen molar-refractivity contribution in [3.8, 4) is 0 Å². The van der Waals surface area contributed by atoms with Crippen molar-refractivity contribution in [2.24, 2.45) is 5.73 Å². The largest absolute Gasteiger partial charge is 0.339 e. The molecule has 0 aliphatic carbocycles. The number of aromatic nitrogens is 1. The molecule has 24 heavy (non-hydrogen) atoms. The Morgan fingerprint density at radius 3 is 2.83 bits per heavy atom. The van der Waals surface area contributed by atoms with Gasteiger partial charge in [-0.05, 0) is 25.1 Å². The molecule has 3 rings (SSSR count). The number of halogens is 1. The molecule has 1 aliphatic rings. The first kappa shape index (κ1) is 18.4. The molecule has 1 unspecified atom stereocenters. The Bertz CT molecular complexity index is 707. The van der Waals surface area contributed by atoms with Crippen LogP contribution in [0.25, 0.3) is 0 Å². The molecule has 8 heteroatoms. The van der Waals surface area contributed by atoms with Gasteiger partial charge in [0.05, 0.1) is 5.01 Å². The number of nitrogens with two attached hydrogens (primary N) is 1. The van der Waals surface area contributed by atoms with E-state index in [9.17, 15) is 9.59 Å². The van der Waals surface area contributed by atoms with Gasteiger partial charge in [0, 0.05) is 24.0 Å². The standard InChI is InChI=1S/C16H18N4O2S.ClH/c17-8-6-14-18-13(10-23-14)15(21)19-12-7-9-20(16(12)22)11-4-2-1-3-5-11;/h1-5,10,12H,6-9,17H2,(H,19,21);1H. The van der Waals surface area contributed by atoms with E-state index in [1.54, 1.807) is 10.3 Å². The lowest BCUT2D eigenvalue weighted by molar-refractivity contribution is -0.118. The minimum atomic E-state index is -0.498. The zero-order valence-electron chi connectivity index (χ0n) is 13.0. The van der Waals surface area contributed by atoms with Crippen LogP contribution in [0.5, 0.6) is 0 Å². The zero-order chi connectivity index (χ0) is 16.2. The summed E-state index contributed by atoms with van der Waals surface area (Å²) < 4.78 is 0. The Labute approximate surface area is 150 Å². The topological polar surface area (TPSA) is 88.3 Å². The molecule has 0 spiro atoms. The number of benzene rings is 1. The molecule has 0 saturated carbocycles. The minimum absolute atomic E-state index is 0. The van der Waals surface area contributed by atoms with E-state index >= 15 is 0 Å². The number of nitrogens with zero attached hydrogens (tertiary/aromatic N) is 2. The average molecular weight is 367 g/mol. The highest BCUT2D eigenvalue weighted by Crippen LogP contribution is 2.21. The molecular weight excluding hydrogens is 348 g/mol. The van der Waals surface area contributed by atoms with Crippen LogP contribution in [0.2, 0.25) is 0 Å². The summed E-state index contributed by atoms with van der Waals surface area (Å²) in [5.74, 6) is -0.389. The third-order valence-corrected chi connectivity index (χ3v) is 4.63. The van der Waals surface area contributed by atoms with Crippen LogP contribution < -0.4 is 16.0 Å². The molecule has 1 fully saturated rings. The first-order valence-corrected chi connectivity index (χ1v) is 8.39. The summed E-state index contributed by atoms with van der Waals surface area (Å²) in [5.41, 5.74) is 6.69. The summed E-state index contributed by atoms with van der Waals surface area (Å²) in [5, 5.41) is 5.32. The van der Waals surface area contributed by atoms with Crippen molar-refractivity contribution in [2.75, 3.05) is 18.0 Å².